The summed E-state index contributed by atoms with van der Waals surface area (Å²) in [7, 11) is 3.29. The zero-order valence-electron chi connectivity index (χ0n) is 22.6. The molecule has 10 nitrogen and oxygen atoms in total. The topological polar surface area (TPSA) is 112 Å². The summed E-state index contributed by atoms with van der Waals surface area (Å²) in [6, 6.07) is 7.01. The lowest BCUT2D eigenvalue weighted by atomic mass is 10.1. The number of rotatable bonds is 8. The van der Waals surface area contributed by atoms with Crippen LogP contribution in [0.1, 0.15) is 52.8 Å². The van der Waals surface area contributed by atoms with Crippen molar-refractivity contribution in [1.29, 1.82) is 0 Å². The van der Waals surface area contributed by atoms with Gasteiger partial charge in [0.25, 0.3) is 6.43 Å². The van der Waals surface area contributed by atoms with Gasteiger partial charge in [-0.1, -0.05) is 33.8 Å². The molecule has 0 spiro atoms. The van der Waals surface area contributed by atoms with Gasteiger partial charge in [-0.3, -0.25) is 13.8 Å². The Morgan fingerprint density at radius 1 is 1.18 bits per heavy atom. The maximum atomic E-state index is 13.8. The van der Waals surface area contributed by atoms with E-state index >= 15 is 0 Å². The van der Waals surface area contributed by atoms with Crippen LogP contribution in [0, 0.1) is 5.92 Å². The molecule has 1 aliphatic carbocycles. The number of aromatic nitrogens is 6. The van der Waals surface area contributed by atoms with E-state index in [0.29, 0.717) is 28.5 Å². The van der Waals surface area contributed by atoms with Crippen molar-refractivity contribution >= 4 is 62.7 Å². The smallest absolute Gasteiger partial charge is 0.295 e. The number of amides is 1. The van der Waals surface area contributed by atoms with Crippen molar-refractivity contribution in [3.8, 4) is 17.1 Å². The number of halogens is 3. The molecule has 3 aromatic heterocycles. The lowest BCUT2D eigenvalue weighted by Gasteiger charge is -2.15. The van der Waals surface area contributed by atoms with Crippen LogP contribution in [0.3, 0.4) is 0 Å². The van der Waals surface area contributed by atoms with E-state index in [2.05, 4.69) is 30.7 Å². The number of aryl methyl sites for hydroxylation is 1. The largest absolute Gasteiger partial charge is 0.494 e. The fourth-order valence-corrected chi connectivity index (χ4v) is 5.56. The zero-order valence-corrected chi connectivity index (χ0v) is 25.7. The number of nitrogens with zero attached hydrogens (tertiary/aromatic N) is 6. The van der Waals surface area contributed by atoms with E-state index in [1.807, 2.05) is 55.8 Å². The third kappa shape index (κ3) is 6.81. The van der Waals surface area contributed by atoms with E-state index in [1.165, 1.54) is 11.4 Å². The third-order valence-electron chi connectivity index (χ3n) is 5.45. The number of benzene rings is 1. The van der Waals surface area contributed by atoms with Crippen LogP contribution in [0.2, 0.25) is 0 Å². The molecule has 1 amide bonds. The van der Waals surface area contributed by atoms with Crippen LogP contribution < -0.4 is 15.4 Å². The van der Waals surface area contributed by atoms with Gasteiger partial charge in [-0.2, -0.15) is 5.10 Å². The number of ether oxygens (including phenoxy) is 1. The molecule has 39 heavy (non-hydrogen) atoms. The van der Waals surface area contributed by atoms with Crippen LogP contribution >= 0.6 is 28.4 Å². The number of hydrogen-bond acceptors (Lipinski definition) is 7. The Balaban J connectivity index is 0.00000100. The summed E-state index contributed by atoms with van der Waals surface area (Å²) >= 11 is 2.01. The van der Waals surface area contributed by atoms with Crippen molar-refractivity contribution in [3.63, 3.8) is 0 Å². The minimum atomic E-state index is -2.78. The highest BCUT2D eigenvalue weighted by atomic mass is 127. The van der Waals surface area contributed by atoms with Crippen molar-refractivity contribution in [2.24, 2.45) is 13.0 Å². The number of pyridine rings is 1. The zero-order chi connectivity index (χ0) is 28.7. The molecule has 210 valence electrons. The van der Waals surface area contributed by atoms with Crippen molar-refractivity contribution in [1.82, 2.24) is 29.1 Å². The first-order valence-electron chi connectivity index (χ1n) is 12.6. The molecule has 4 aromatic rings. The molecule has 0 saturated heterocycles. The van der Waals surface area contributed by atoms with E-state index in [-0.39, 0.29) is 41.0 Å². The molecule has 0 aliphatic heterocycles. The van der Waals surface area contributed by atoms with Crippen LogP contribution in [0.5, 0.6) is 5.75 Å². The van der Waals surface area contributed by atoms with Gasteiger partial charge in [-0.05, 0) is 47.0 Å². The van der Waals surface area contributed by atoms with E-state index in [0.717, 1.165) is 12.8 Å². The average Bonchev–Trinajstić information content (AvgIpc) is 3.61. The van der Waals surface area contributed by atoms with Crippen LogP contribution in [-0.4, -0.2) is 42.1 Å². The number of carbonyl (C=O) groups is 1. The fraction of sp³-hybridized carbons (Fsp3) is 0.400. The number of para-hydroxylation sites is 1. The van der Waals surface area contributed by atoms with Gasteiger partial charge in [0.15, 0.2) is 23.0 Å². The summed E-state index contributed by atoms with van der Waals surface area (Å²) in [6.45, 7) is 8.00. The normalized spacial score (nSPS) is 12.7. The predicted molar refractivity (Wildman–Crippen MR) is 161 cm³/mol. The second-order valence-corrected chi connectivity index (χ2v) is 10.00. The molecule has 1 fully saturated rings. The highest BCUT2D eigenvalue weighted by Gasteiger charge is 2.30. The first-order chi connectivity index (χ1) is 18.9. The maximum absolute atomic E-state index is 13.8. The number of carbonyl (C=O) groups excluding carboxylic acids is 1. The highest BCUT2D eigenvalue weighted by molar-refractivity contribution is 14.2. The Bertz CT molecular complexity index is 1420. The molecule has 2 N–H and O–H groups in total. The molecule has 1 atom stereocenters. The van der Waals surface area contributed by atoms with Crippen molar-refractivity contribution in [2.75, 3.05) is 17.7 Å². The van der Waals surface area contributed by atoms with Crippen molar-refractivity contribution in [2.45, 2.75) is 47.0 Å². The first kappa shape index (κ1) is 30.6. The molecule has 1 unspecified atom stereocenters. The predicted octanol–water partition coefficient (Wildman–Crippen LogP) is 7.11. The Kier molecular flexibility index (Phi) is 10.9. The molecule has 1 aromatic carbocycles. The van der Waals surface area contributed by atoms with Gasteiger partial charge in [0.05, 0.1) is 30.4 Å². The van der Waals surface area contributed by atoms with Crippen LogP contribution in [0.25, 0.3) is 22.6 Å². The van der Waals surface area contributed by atoms with Gasteiger partial charge in [0.1, 0.15) is 17.7 Å². The maximum Gasteiger partial charge on any atom is 0.295 e. The fourth-order valence-electron chi connectivity index (χ4n) is 3.67. The highest BCUT2D eigenvalue weighted by Crippen LogP contribution is 2.41. The van der Waals surface area contributed by atoms with Gasteiger partial charge in [0.2, 0.25) is 5.91 Å². The minimum Gasteiger partial charge on any atom is -0.494 e. The first-order valence-corrected chi connectivity index (χ1v) is 16.6. The Morgan fingerprint density at radius 3 is 2.46 bits per heavy atom. The van der Waals surface area contributed by atoms with Gasteiger partial charge in [-0.25, -0.2) is 23.7 Å². The van der Waals surface area contributed by atoms with Crippen LogP contribution in [-0.2, 0) is 11.8 Å². The molecule has 0 bridgehead atoms. The molecule has 0 radical (unpaired) electrons. The van der Waals surface area contributed by atoms with E-state index in [1.54, 1.807) is 36.3 Å². The number of fused-ring (bicyclic) bond motifs is 1. The number of methoxy groups -OCH3 is 1. The molecular formula is C25H32F2IN8O2P. The summed E-state index contributed by atoms with van der Waals surface area (Å²) in [5.41, 5.74) is 2.12. The van der Waals surface area contributed by atoms with Crippen molar-refractivity contribution in [3.05, 3.63) is 36.4 Å². The summed E-state index contributed by atoms with van der Waals surface area (Å²) in [6.07, 6.45) is 0.397. The number of imidazole rings is 1. The Morgan fingerprint density at radius 2 is 1.90 bits per heavy atom. The number of anilines is 3. The lowest BCUT2D eigenvalue weighted by molar-refractivity contribution is -0.117. The monoisotopic (exact) mass is 672 g/mol. The Hall–Kier alpha value is -2.93. The molecule has 5 rings (SSSR count). The second kappa shape index (κ2) is 13.9. The number of alkyl halides is 2. The Labute approximate surface area is 240 Å². The molecule has 1 aliphatic rings. The number of nitrogens with one attached hydrogen (secondary N) is 2. The second-order valence-electron chi connectivity index (χ2n) is 7.93. The van der Waals surface area contributed by atoms with Gasteiger partial charge >= 0.3 is 0 Å². The van der Waals surface area contributed by atoms with Crippen LogP contribution in [0.4, 0.5) is 26.0 Å². The molecule has 1 saturated carbocycles. The average molecular weight is 672 g/mol. The molecule has 14 heteroatoms. The summed E-state index contributed by atoms with van der Waals surface area (Å²) in [5.74, 6) is 0.639. The molecular weight excluding hydrogens is 640 g/mol. The molecule has 3 heterocycles. The van der Waals surface area contributed by atoms with Gasteiger partial charge < -0.3 is 15.4 Å². The minimum absolute atomic E-state index is 0.0421. The summed E-state index contributed by atoms with van der Waals surface area (Å²) in [5, 5.41) is 10.4. The summed E-state index contributed by atoms with van der Waals surface area (Å²) < 4.78 is 36.1. The lowest BCUT2D eigenvalue weighted by Crippen LogP contribution is -2.14. The van der Waals surface area contributed by atoms with Crippen molar-refractivity contribution < 1.29 is 18.3 Å². The van der Waals surface area contributed by atoms with E-state index < -0.39 is 6.43 Å². The quantitative estimate of drug-likeness (QED) is 0.152. The summed E-state index contributed by atoms with van der Waals surface area (Å²) in [4.78, 5) is 25.3. The van der Waals surface area contributed by atoms with E-state index in [9.17, 15) is 13.6 Å². The SMILES string of the molecule is CC.CC.COc1c(Nc2cc(NC(=O)C3CC3)nc3c2nc(C(F)F)n3PI)cccc1-c1ncn(C)n1. The van der Waals surface area contributed by atoms with E-state index in [4.69, 9.17) is 4.74 Å². The standard InChI is InChI=1S/C21H20F2IN8O2P.2C2H6/c1-31-9-25-18(30-31)11-4-3-5-12(16(11)34-2)26-13-8-14(28-21(33)10-6-7-10)27-19-15(13)29-20(17(22)23)32(19)35-24;2*1-2/h3-5,8-10,17,35H,6-7H2,1-2H3,(H2,26,27,28,33);2*1-2H3. The number of hydrogen-bond donors (Lipinski definition) is 2. The van der Waals surface area contributed by atoms with Gasteiger partial charge in [-0.15, -0.1) is 0 Å². The van der Waals surface area contributed by atoms with Gasteiger partial charge in [0, 0.05) is 19.0 Å². The van der Waals surface area contributed by atoms with Crippen LogP contribution in [0.15, 0.2) is 30.6 Å². The third-order valence-corrected chi connectivity index (χ3v) is 7.51.